The molecule has 1 aliphatic heterocycles. The van der Waals surface area contributed by atoms with Crippen LogP contribution in [0.3, 0.4) is 0 Å². The predicted molar refractivity (Wildman–Crippen MR) is 122 cm³/mol. The van der Waals surface area contributed by atoms with Crippen LogP contribution in [-0.2, 0) is 4.74 Å². The molecule has 1 aliphatic rings. The van der Waals surface area contributed by atoms with Crippen LogP contribution >= 0.6 is 11.8 Å². The standard InChI is InChI=1S/C24H32N2O3S/c1-17(2)29-24(27)26-13-11-19(12-14-26)16-28-21-7-10-23(25-15-21)20-5-8-22(9-6-20)30-18(3)4/h5-10,15,17-19H,11-14,16H2,1-4H3. The Bertz CT molecular complexity index is 798. The summed E-state index contributed by atoms with van der Waals surface area (Å²) in [5.74, 6) is 1.23. The van der Waals surface area contributed by atoms with Crippen molar-refractivity contribution in [3.63, 3.8) is 0 Å². The number of rotatable bonds is 7. The van der Waals surface area contributed by atoms with Crippen molar-refractivity contribution in [2.75, 3.05) is 19.7 Å². The largest absolute Gasteiger partial charge is 0.492 e. The van der Waals surface area contributed by atoms with Gasteiger partial charge in [0.1, 0.15) is 5.75 Å². The zero-order chi connectivity index (χ0) is 21.5. The minimum Gasteiger partial charge on any atom is -0.492 e. The molecule has 1 amide bonds. The van der Waals surface area contributed by atoms with Crippen molar-refractivity contribution in [1.29, 1.82) is 0 Å². The van der Waals surface area contributed by atoms with Gasteiger partial charge in [-0.15, -0.1) is 11.8 Å². The molecule has 0 saturated carbocycles. The van der Waals surface area contributed by atoms with E-state index in [0.29, 0.717) is 17.8 Å². The average molecular weight is 429 g/mol. The molecule has 1 saturated heterocycles. The van der Waals surface area contributed by atoms with E-state index in [1.807, 2.05) is 37.7 Å². The lowest BCUT2D eigenvalue weighted by Crippen LogP contribution is -2.40. The van der Waals surface area contributed by atoms with Gasteiger partial charge in [0.25, 0.3) is 0 Å². The maximum absolute atomic E-state index is 12.0. The number of thioether (sulfide) groups is 1. The molecule has 30 heavy (non-hydrogen) atoms. The Balaban J connectivity index is 1.46. The first-order valence-corrected chi connectivity index (χ1v) is 11.6. The number of aromatic nitrogens is 1. The van der Waals surface area contributed by atoms with E-state index in [2.05, 4.69) is 43.1 Å². The number of carbonyl (C=O) groups excluding carboxylic acids is 1. The first-order valence-electron chi connectivity index (χ1n) is 10.7. The lowest BCUT2D eigenvalue weighted by molar-refractivity contribution is 0.0608. The second kappa shape index (κ2) is 10.7. The van der Waals surface area contributed by atoms with Crippen LogP contribution in [0.25, 0.3) is 11.3 Å². The number of amides is 1. The first kappa shape index (κ1) is 22.5. The molecule has 2 aromatic rings. The quantitative estimate of drug-likeness (QED) is 0.515. The molecule has 5 nitrogen and oxygen atoms in total. The highest BCUT2D eigenvalue weighted by Gasteiger charge is 2.24. The number of benzene rings is 1. The van der Waals surface area contributed by atoms with Crippen molar-refractivity contribution in [2.24, 2.45) is 5.92 Å². The first-order chi connectivity index (χ1) is 14.4. The van der Waals surface area contributed by atoms with E-state index < -0.39 is 0 Å². The summed E-state index contributed by atoms with van der Waals surface area (Å²) in [5, 5.41) is 0.575. The molecular formula is C24H32N2O3S. The molecule has 0 spiro atoms. The Hall–Kier alpha value is -2.21. The Labute approximate surface area is 184 Å². The van der Waals surface area contributed by atoms with Gasteiger partial charge >= 0.3 is 6.09 Å². The summed E-state index contributed by atoms with van der Waals surface area (Å²) in [6.45, 7) is 10.2. The van der Waals surface area contributed by atoms with E-state index in [0.717, 1.165) is 42.9 Å². The minimum atomic E-state index is -0.208. The maximum Gasteiger partial charge on any atom is 0.410 e. The summed E-state index contributed by atoms with van der Waals surface area (Å²) >= 11 is 1.86. The molecule has 0 aliphatic carbocycles. The summed E-state index contributed by atoms with van der Waals surface area (Å²) < 4.78 is 11.2. The van der Waals surface area contributed by atoms with Gasteiger partial charge in [0.05, 0.1) is 24.6 Å². The molecule has 0 radical (unpaired) electrons. The van der Waals surface area contributed by atoms with Gasteiger partial charge in [0.2, 0.25) is 0 Å². The normalized spacial score (nSPS) is 14.9. The van der Waals surface area contributed by atoms with Crippen LogP contribution < -0.4 is 4.74 Å². The lowest BCUT2D eigenvalue weighted by Gasteiger charge is -2.31. The fourth-order valence-electron chi connectivity index (χ4n) is 3.39. The monoisotopic (exact) mass is 428 g/mol. The van der Waals surface area contributed by atoms with E-state index in [4.69, 9.17) is 9.47 Å². The predicted octanol–water partition coefficient (Wildman–Crippen LogP) is 5.88. The third-order valence-corrected chi connectivity index (χ3v) is 5.97. The zero-order valence-corrected chi connectivity index (χ0v) is 19.2. The second-order valence-corrected chi connectivity index (χ2v) is 9.89. The smallest absolute Gasteiger partial charge is 0.410 e. The molecular weight excluding hydrogens is 396 g/mol. The lowest BCUT2D eigenvalue weighted by atomic mass is 9.98. The minimum absolute atomic E-state index is 0.0779. The van der Waals surface area contributed by atoms with Gasteiger partial charge in [-0.3, -0.25) is 4.98 Å². The van der Waals surface area contributed by atoms with Crippen molar-refractivity contribution in [3.05, 3.63) is 42.6 Å². The molecule has 1 aromatic carbocycles. The molecule has 2 heterocycles. The maximum atomic E-state index is 12.0. The van der Waals surface area contributed by atoms with E-state index in [9.17, 15) is 4.79 Å². The molecule has 0 bridgehead atoms. The highest BCUT2D eigenvalue weighted by molar-refractivity contribution is 7.99. The number of nitrogens with zero attached hydrogens (tertiary/aromatic N) is 2. The number of ether oxygens (including phenoxy) is 2. The number of likely N-dealkylation sites (tertiary alicyclic amines) is 1. The average Bonchev–Trinajstić information content (AvgIpc) is 2.73. The molecule has 3 rings (SSSR count). The molecule has 0 N–H and O–H groups in total. The van der Waals surface area contributed by atoms with Gasteiger partial charge in [-0.2, -0.15) is 0 Å². The third-order valence-electron chi connectivity index (χ3n) is 4.95. The second-order valence-electron chi connectivity index (χ2n) is 8.24. The summed E-state index contributed by atoms with van der Waals surface area (Å²) in [5.41, 5.74) is 2.05. The zero-order valence-electron chi connectivity index (χ0n) is 18.3. The van der Waals surface area contributed by atoms with Crippen LogP contribution in [0.5, 0.6) is 5.75 Å². The number of carbonyl (C=O) groups is 1. The number of piperidine rings is 1. The number of hydrogen-bond donors (Lipinski definition) is 0. The topological polar surface area (TPSA) is 51.7 Å². The van der Waals surface area contributed by atoms with Crippen molar-refractivity contribution < 1.29 is 14.3 Å². The highest BCUT2D eigenvalue weighted by atomic mass is 32.2. The Morgan fingerprint density at radius 2 is 1.80 bits per heavy atom. The van der Waals surface area contributed by atoms with Crippen molar-refractivity contribution in [3.8, 4) is 17.0 Å². The molecule has 1 aromatic heterocycles. The molecule has 0 unspecified atom stereocenters. The van der Waals surface area contributed by atoms with Crippen LogP contribution in [0.4, 0.5) is 4.79 Å². The van der Waals surface area contributed by atoms with Gasteiger partial charge in [0.15, 0.2) is 0 Å². The fourth-order valence-corrected chi connectivity index (χ4v) is 4.22. The fraction of sp³-hybridized carbons (Fsp3) is 0.500. The van der Waals surface area contributed by atoms with E-state index in [1.165, 1.54) is 4.90 Å². The van der Waals surface area contributed by atoms with Gasteiger partial charge in [-0.1, -0.05) is 26.0 Å². The van der Waals surface area contributed by atoms with Crippen LogP contribution in [0.1, 0.15) is 40.5 Å². The summed E-state index contributed by atoms with van der Waals surface area (Å²) in [4.78, 5) is 19.6. The SMILES string of the molecule is CC(C)OC(=O)N1CCC(COc2ccc(-c3ccc(SC(C)C)cc3)nc2)CC1. The molecule has 1 fully saturated rings. The van der Waals surface area contributed by atoms with E-state index in [-0.39, 0.29) is 12.2 Å². The third kappa shape index (κ3) is 6.66. The van der Waals surface area contributed by atoms with E-state index in [1.54, 1.807) is 11.1 Å². The number of hydrogen-bond acceptors (Lipinski definition) is 5. The van der Waals surface area contributed by atoms with Gasteiger partial charge in [0, 0.05) is 28.8 Å². The Morgan fingerprint density at radius 1 is 1.10 bits per heavy atom. The Morgan fingerprint density at radius 3 is 2.37 bits per heavy atom. The molecule has 0 atom stereocenters. The van der Waals surface area contributed by atoms with Crippen molar-refractivity contribution in [2.45, 2.75) is 56.8 Å². The highest BCUT2D eigenvalue weighted by Crippen LogP contribution is 2.27. The van der Waals surface area contributed by atoms with Gasteiger partial charge < -0.3 is 14.4 Å². The molecule has 6 heteroatoms. The van der Waals surface area contributed by atoms with Crippen LogP contribution in [0.15, 0.2) is 47.5 Å². The van der Waals surface area contributed by atoms with E-state index >= 15 is 0 Å². The molecule has 162 valence electrons. The summed E-state index contributed by atoms with van der Waals surface area (Å²) in [7, 11) is 0. The summed E-state index contributed by atoms with van der Waals surface area (Å²) in [6, 6.07) is 12.5. The van der Waals surface area contributed by atoms with Gasteiger partial charge in [-0.05, 0) is 56.9 Å². The van der Waals surface area contributed by atoms with Crippen LogP contribution in [0.2, 0.25) is 0 Å². The summed E-state index contributed by atoms with van der Waals surface area (Å²) in [6.07, 6.45) is 3.37. The van der Waals surface area contributed by atoms with Crippen LogP contribution in [0, 0.1) is 5.92 Å². The van der Waals surface area contributed by atoms with Crippen LogP contribution in [-0.4, -0.2) is 47.0 Å². The van der Waals surface area contributed by atoms with Crippen molar-refractivity contribution >= 4 is 17.9 Å². The number of pyridine rings is 1. The van der Waals surface area contributed by atoms with Crippen molar-refractivity contribution in [1.82, 2.24) is 9.88 Å². The van der Waals surface area contributed by atoms with Gasteiger partial charge in [-0.25, -0.2) is 4.79 Å². The Kier molecular flexibility index (Phi) is 8.02.